The molecule has 0 unspecified atom stereocenters. The van der Waals surface area contributed by atoms with E-state index in [4.69, 9.17) is 9.47 Å². The second-order valence-corrected chi connectivity index (χ2v) is 6.82. The molecule has 0 aromatic heterocycles. The normalized spacial score (nSPS) is 13.1. The molecule has 0 radical (unpaired) electrons. The average Bonchev–Trinajstić information content (AvgIpc) is 3.53. The van der Waals surface area contributed by atoms with Crippen molar-refractivity contribution in [2.75, 3.05) is 30.5 Å². The Hall–Kier alpha value is -2.86. The Labute approximate surface area is 165 Å². The fraction of sp³-hybridized carbons (Fsp3) is 0.364. The standard InChI is InChI=1S/C22H26N2O4/c1-3-27-11-12-28-19-6-4-5-17(13-19)22(26)23-18-10-7-15(2)20(14-18)24-21(25)16-8-9-16/h4-7,10,13-14,16H,3,8-9,11-12H2,1-2H3,(H,23,26)(H,24,25). The van der Waals surface area contributed by atoms with Crippen molar-refractivity contribution in [1.29, 1.82) is 0 Å². The number of anilines is 2. The van der Waals surface area contributed by atoms with Gasteiger partial charge < -0.3 is 20.1 Å². The molecule has 6 nitrogen and oxygen atoms in total. The van der Waals surface area contributed by atoms with Gasteiger partial charge >= 0.3 is 0 Å². The molecule has 6 heteroatoms. The van der Waals surface area contributed by atoms with Crippen LogP contribution in [0, 0.1) is 12.8 Å². The van der Waals surface area contributed by atoms with Crippen LogP contribution in [0.5, 0.6) is 5.75 Å². The molecular formula is C22H26N2O4. The summed E-state index contributed by atoms with van der Waals surface area (Å²) < 4.78 is 10.8. The van der Waals surface area contributed by atoms with Crippen molar-refractivity contribution in [3.05, 3.63) is 53.6 Å². The first-order valence-electron chi connectivity index (χ1n) is 9.60. The molecule has 1 aliphatic carbocycles. The van der Waals surface area contributed by atoms with E-state index >= 15 is 0 Å². The molecule has 0 bridgehead atoms. The van der Waals surface area contributed by atoms with Crippen molar-refractivity contribution in [1.82, 2.24) is 0 Å². The van der Waals surface area contributed by atoms with Crippen LogP contribution in [0.3, 0.4) is 0 Å². The number of rotatable bonds is 9. The van der Waals surface area contributed by atoms with Gasteiger partial charge in [0, 0.05) is 29.5 Å². The zero-order valence-corrected chi connectivity index (χ0v) is 16.3. The Kier molecular flexibility index (Phi) is 6.66. The second kappa shape index (κ2) is 9.37. The maximum absolute atomic E-state index is 12.6. The van der Waals surface area contributed by atoms with Gasteiger partial charge in [0.2, 0.25) is 5.91 Å². The molecule has 1 aliphatic rings. The molecule has 148 valence electrons. The summed E-state index contributed by atoms with van der Waals surface area (Å²) in [5.74, 6) is 0.554. The molecule has 2 N–H and O–H groups in total. The average molecular weight is 382 g/mol. The summed E-state index contributed by atoms with van der Waals surface area (Å²) in [6.07, 6.45) is 1.90. The number of benzene rings is 2. The topological polar surface area (TPSA) is 76.7 Å². The van der Waals surface area contributed by atoms with Crippen LogP contribution in [0.2, 0.25) is 0 Å². The largest absolute Gasteiger partial charge is 0.491 e. The van der Waals surface area contributed by atoms with E-state index in [9.17, 15) is 9.59 Å². The molecule has 0 aliphatic heterocycles. The van der Waals surface area contributed by atoms with Gasteiger partial charge in [0.15, 0.2) is 0 Å². The van der Waals surface area contributed by atoms with E-state index in [1.165, 1.54) is 0 Å². The summed E-state index contributed by atoms with van der Waals surface area (Å²) in [4.78, 5) is 24.6. The van der Waals surface area contributed by atoms with Crippen LogP contribution < -0.4 is 15.4 Å². The highest BCUT2D eigenvalue weighted by Crippen LogP contribution is 2.31. The molecule has 2 aromatic rings. The van der Waals surface area contributed by atoms with Gasteiger partial charge in [0.25, 0.3) is 5.91 Å². The summed E-state index contributed by atoms with van der Waals surface area (Å²) in [6.45, 7) is 5.44. The van der Waals surface area contributed by atoms with Gasteiger partial charge in [-0.2, -0.15) is 0 Å². The van der Waals surface area contributed by atoms with Gasteiger partial charge in [0.05, 0.1) is 6.61 Å². The van der Waals surface area contributed by atoms with E-state index in [2.05, 4.69) is 10.6 Å². The Morgan fingerprint density at radius 2 is 1.89 bits per heavy atom. The van der Waals surface area contributed by atoms with Crippen molar-refractivity contribution < 1.29 is 19.1 Å². The summed E-state index contributed by atoms with van der Waals surface area (Å²) in [7, 11) is 0. The van der Waals surface area contributed by atoms with Crippen molar-refractivity contribution in [3.8, 4) is 5.75 Å². The van der Waals surface area contributed by atoms with E-state index in [0.717, 1.165) is 24.1 Å². The van der Waals surface area contributed by atoms with Crippen LogP contribution in [0.25, 0.3) is 0 Å². The number of aryl methyl sites for hydroxylation is 1. The number of hydrogen-bond donors (Lipinski definition) is 2. The fourth-order valence-corrected chi connectivity index (χ4v) is 2.71. The third-order valence-corrected chi connectivity index (χ3v) is 4.50. The number of ether oxygens (including phenoxy) is 2. The maximum atomic E-state index is 12.6. The quantitative estimate of drug-likeness (QED) is 0.643. The van der Waals surface area contributed by atoms with Gasteiger partial charge in [-0.1, -0.05) is 12.1 Å². The smallest absolute Gasteiger partial charge is 0.255 e. The monoisotopic (exact) mass is 382 g/mol. The first-order chi connectivity index (χ1) is 13.6. The fourth-order valence-electron chi connectivity index (χ4n) is 2.71. The van der Waals surface area contributed by atoms with Crippen molar-refractivity contribution in [2.24, 2.45) is 5.92 Å². The van der Waals surface area contributed by atoms with Crippen LogP contribution in [-0.4, -0.2) is 31.6 Å². The zero-order chi connectivity index (χ0) is 19.9. The highest BCUT2D eigenvalue weighted by Gasteiger charge is 2.29. The molecule has 2 amide bonds. The number of hydrogen-bond acceptors (Lipinski definition) is 4. The predicted molar refractivity (Wildman–Crippen MR) is 109 cm³/mol. The van der Waals surface area contributed by atoms with Crippen molar-refractivity contribution >= 4 is 23.2 Å². The molecule has 0 saturated heterocycles. The minimum atomic E-state index is -0.237. The number of carbonyl (C=O) groups is 2. The maximum Gasteiger partial charge on any atom is 0.255 e. The highest BCUT2D eigenvalue weighted by molar-refractivity contribution is 6.05. The number of amides is 2. The molecule has 0 atom stereocenters. The van der Waals surface area contributed by atoms with Gasteiger partial charge in [-0.3, -0.25) is 9.59 Å². The Morgan fingerprint density at radius 1 is 1.07 bits per heavy atom. The minimum absolute atomic E-state index is 0.0449. The Balaban J connectivity index is 1.63. The summed E-state index contributed by atoms with van der Waals surface area (Å²) in [6, 6.07) is 12.5. The van der Waals surface area contributed by atoms with Crippen LogP contribution in [-0.2, 0) is 9.53 Å². The van der Waals surface area contributed by atoms with E-state index in [1.54, 1.807) is 30.3 Å². The lowest BCUT2D eigenvalue weighted by atomic mass is 10.1. The molecule has 3 rings (SSSR count). The second-order valence-electron chi connectivity index (χ2n) is 6.82. The summed E-state index contributed by atoms with van der Waals surface area (Å²) >= 11 is 0. The molecule has 1 fully saturated rings. The zero-order valence-electron chi connectivity index (χ0n) is 16.3. The lowest BCUT2D eigenvalue weighted by Crippen LogP contribution is -2.15. The van der Waals surface area contributed by atoms with Crippen LogP contribution >= 0.6 is 0 Å². The summed E-state index contributed by atoms with van der Waals surface area (Å²) in [5, 5.41) is 5.82. The van der Waals surface area contributed by atoms with Gasteiger partial charge in [-0.05, 0) is 62.6 Å². The molecule has 2 aromatic carbocycles. The van der Waals surface area contributed by atoms with Crippen molar-refractivity contribution in [3.63, 3.8) is 0 Å². The number of carbonyl (C=O) groups excluding carboxylic acids is 2. The van der Waals surface area contributed by atoms with Gasteiger partial charge in [-0.15, -0.1) is 0 Å². The van der Waals surface area contributed by atoms with Gasteiger partial charge in [0.1, 0.15) is 12.4 Å². The van der Waals surface area contributed by atoms with Crippen LogP contribution in [0.15, 0.2) is 42.5 Å². The first-order valence-corrected chi connectivity index (χ1v) is 9.60. The molecule has 0 spiro atoms. The van der Waals surface area contributed by atoms with Crippen molar-refractivity contribution in [2.45, 2.75) is 26.7 Å². The SMILES string of the molecule is CCOCCOc1cccc(C(=O)Nc2ccc(C)c(NC(=O)C3CC3)c2)c1. The van der Waals surface area contributed by atoms with Crippen LogP contribution in [0.4, 0.5) is 11.4 Å². The Bertz CT molecular complexity index is 846. The van der Waals surface area contributed by atoms with Crippen LogP contribution in [0.1, 0.15) is 35.7 Å². The minimum Gasteiger partial charge on any atom is -0.491 e. The van der Waals surface area contributed by atoms with Gasteiger partial charge in [-0.25, -0.2) is 0 Å². The highest BCUT2D eigenvalue weighted by atomic mass is 16.5. The Morgan fingerprint density at radius 3 is 2.64 bits per heavy atom. The third-order valence-electron chi connectivity index (χ3n) is 4.50. The third kappa shape index (κ3) is 5.57. The predicted octanol–water partition coefficient (Wildman–Crippen LogP) is 4.01. The lowest BCUT2D eigenvalue weighted by molar-refractivity contribution is -0.117. The molecule has 0 heterocycles. The number of nitrogens with one attached hydrogen (secondary N) is 2. The van der Waals surface area contributed by atoms with E-state index in [-0.39, 0.29) is 17.7 Å². The van der Waals surface area contributed by atoms with E-state index in [1.807, 2.05) is 26.0 Å². The van der Waals surface area contributed by atoms with E-state index in [0.29, 0.717) is 36.8 Å². The van der Waals surface area contributed by atoms with E-state index < -0.39 is 0 Å². The molecule has 1 saturated carbocycles. The molecule has 28 heavy (non-hydrogen) atoms. The lowest BCUT2D eigenvalue weighted by Gasteiger charge is -2.12. The summed E-state index contributed by atoms with van der Waals surface area (Å²) in [5.41, 5.74) is 2.81. The first kappa shape index (κ1) is 19.9. The molecular weight excluding hydrogens is 356 g/mol.